The normalized spacial score (nSPS) is 24.8. The molecule has 1 unspecified atom stereocenters. The van der Waals surface area contributed by atoms with Crippen LogP contribution < -0.4 is 5.73 Å². The fourth-order valence-electron chi connectivity index (χ4n) is 3.35. The first-order valence-electron chi connectivity index (χ1n) is 9.58. The first kappa shape index (κ1) is 25.8. The number of rotatable bonds is 9. The number of nitrogens with two attached hydrogens (primary N) is 1. The highest BCUT2D eigenvalue weighted by Crippen LogP contribution is 2.54. The quantitative estimate of drug-likeness (QED) is 0.123. The summed E-state index contributed by atoms with van der Waals surface area (Å²) in [6.45, 7) is 0.0225. The summed E-state index contributed by atoms with van der Waals surface area (Å²) in [5.74, 6) is -3.73. The van der Waals surface area contributed by atoms with Gasteiger partial charge in [-0.3, -0.25) is 13.9 Å². The average Bonchev–Trinajstić information content (AvgIpc) is 3.26. The monoisotopic (exact) mass is 509 g/mol. The van der Waals surface area contributed by atoms with Gasteiger partial charge in [0.2, 0.25) is 0 Å². The number of halogens is 1. The average molecular weight is 509 g/mol. The molecule has 3 heterocycles. The Kier molecular flexibility index (Phi) is 7.18. The Balaban J connectivity index is 1.89. The lowest BCUT2D eigenvalue weighted by Gasteiger charge is -2.31. The van der Waals surface area contributed by atoms with Crippen LogP contribution in [-0.4, -0.2) is 93.4 Å². The Hall–Kier alpha value is -2.79. The maximum atomic E-state index is 13.6. The van der Waals surface area contributed by atoms with Gasteiger partial charge in [-0.15, -0.1) is 0 Å². The van der Waals surface area contributed by atoms with Crippen molar-refractivity contribution in [2.75, 3.05) is 18.9 Å². The summed E-state index contributed by atoms with van der Waals surface area (Å²) in [7, 11) is -5.61. The van der Waals surface area contributed by atoms with E-state index in [4.69, 9.17) is 20.3 Å². The van der Waals surface area contributed by atoms with E-state index in [1.165, 1.54) is 6.92 Å². The van der Waals surface area contributed by atoms with Crippen molar-refractivity contribution in [3.05, 3.63) is 12.4 Å². The van der Waals surface area contributed by atoms with E-state index in [1.807, 2.05) is 0 Å². The lowest BCUT2D eigenvalue weighted by molar-refractivity contribution is -0.174. The topological polar surface area (TPSA) is 250 Å². The van der Waals surface area contributed by atoms with E-state index in [1.54, 1.807) is 0 Å². The standard InChI is InChI=1S/C16H21FN5O11P/c1-2-31-14(27)16(3-7(23)24,34(28,29)30)32-4-6-9(25)10(26)13(33-6)22-5-19-8-11(18)20-15(17)21-12(8)22/h5-6,9-10,13,25-26H,2-4H2,1H3,(H,23,24)(H2,18,20,21)(H2,28,29,30)/t6-,9-,10-,13-,16?/m1/s1. The van der Waals surface area contributed by atoms with Crippen LogP contribution in [0.15, 0.2) is 6.33 Å². The van der Waals surface area contributed by atoms with E-state index in [0.29, 0.717) is 0 Å². The lowest BCUT2D eigenvalue weighted by atomic mass is 10.1. The second-order valence-corrected chi connectivity index (χ2v) is 8.99. The Morgan fingerprint density at radius 2 is 2.00 bits per heavy atom. The Morgan fingerprint density at radius 1 is 1.32 bits per heavy atom. The highest BCUT2D eigenvalue weighted by Gasteiger charge is 2.59. The number of aliphatic hydroxyl groups excluding tert-OH is 2. The molecule has 34 heavy (non-hydrogen) atoms. The van der Waals surface area contributed by atoms with Gasteiger partial charge in [0.15, 0.2) is 23.2 Å². The molecule has 2 aromatic heterocycles. The molecule has 18 heteroatoms. The van der Waals surface area contributed by atoms with E-state index in [9.17, 15) is 38.5 Å². The number of nitrogen functional groups attached to an aromatic ring is 1. The van der Waals surface area contributed by atoms with E-state index in [-0.39, 0.29) is 23.6 Å². The highest BCUT2D eigenvalue weighted by molar-refractivity contribution is 7.54. The lowest BCUT2D eigenvalue weighted by Crippen LogP contribution is -2.47. The van der Waals surface area contributed by atoms with Crippen LogP contribution in [-0.2, 0) is 28.4 Å². The number of nitrogens with zero attached hydrogens (tertiary/aromatic N) is 4. The van der Waals surface area contributed by atoms with Crippen molar-refractivity contribution in [3.8, 4) is 0 Å². The maximum absolute atomic E-state index is 13.6. The fourth-order valence-corrected chi connectivity index (χ4v) is 4.24. The summed E-state index contributed by atoms with van der Waals surface area (Å²) in [5.41, 5.74) is 5.36. The molecule has 0 amide bonds. The van der Waals surface area contributed by atoms with Crippen molar-refractivity contribution < 1.29 is 57.9 Å². The Bertz CT molecular complexity index is 1140. The van der Waals surface area contributed by atoms with Crippen molar-refractivity contribution in [1.29, 1.82) is 0 Å². The Morgan fingerprint density at radius 3 is 2.59 bits per heavy atom. The van der Waals surface area contributed by atoms with E-state index < -0.39 is 68.5 Å². The van der Waals surface area contributed by atoms with Gasteiger partial charge >= 0.3 is 25.6 Å². The number of carbonyl (C=O) groups is 2. The van der Waals surface area contributed by atoms with Gasteiger partial charge in [-0.1, -0.05) is 0 Å². The first-order valence-corrected chi connectivity index (χ1v) is 11.2. The van der Waals surface area contributed by atoms with Crippen LogP contribution in [0.5, 0.6) is 0 Å². The smallest absolute Gasteiger partial charge is 0.369 e. The molecular weight excluding hydrogens is 488 g/mol. The maximum Gasteiger partial charge on any atom is 0.369 e. The molecule has 5 atom stereocenters. The number of ether oxygens (including phenoxy) is 3. The Labute approximate surface area is 189 Å². The molecule has 0 radical (unpaired) electrons. The summed E-state index contributed by atoms with van der Waals surface area (Å²) in [6, 6.07) is 0. The molecule has 0 aromatic carbocycles. The summed E-state index contributed by atoms with van der Waals surface area (Å²) >= 11 is 0. The zero-order valence-electron chi connectivity index (χ0n) is 17.4. The third kappa shape index (κ3) is 4.58. The molecule has 0 spiro atoms. The van der Waals surface area contributed by atoms with Gasteiger partial charge in [0.1, 0.15) is 18.3 Å². The second-order valence-electron chi connectivity index (χ2n) is 7.18. The molecule has 1 fully saturated rings. The van der Waals surface area contributed by atoms with Gasteiger partial charge in [0, 0.05) is 0 Å². The molecule has 16 nitrogen and oxygen atoms in total. The van der Waals surface area contributed by atoms with Crippen molar-refractivity contribution >= 4 is 36.5 Å². The molecule has 1 saturated heterocycles. The van der Waals surface area contributed by atoms with Crippen LogP contribution in [0, 0.1) is 6.08 Å². The number of anilines is 1. The number of fused-ring (bicyclic) bond motifs is 1. The number of hydrogen-bond donors (Lipinski definition) is 6. The van der Waals surface area contributed by atoms with E-state index in [0.717, 1.165) is 10.9 Å². The summed E-state index contributed by atoms with van der Waals surface area (Å²) < 4.78 is 41.9. The molecule has 7 N–H and O–H groups in total. The number of aromatic nitrogens is 4. The highest BCUT2D eigenvalue weighted by atomic mass is 31.2. The van der Waals surface area contributed by atoms with Gasteiger partial charge < -0.3 is 45.1 Å². The number of hydrogen-bond acceptors (Lipinski definition) is 12. The third-order valence-electron chi connectivity index (χ3n) is 4.97. The zero-order chi connectivity index (χ0) is 25.4. The summed E-state index contributed by atoms with van der Waals surface area (Å²) in [6.07, 6.45) is -8.04. The van der Waals surface area contributed by atoms with Gasteiger partial charge in [-0.25, -0.2) is 9.78 Å². The number of esters is 1. The third-order valence-corrected chi connectivity index (χ3v) is 6.39. The molecule has 0 saturated carbocycles. The molecule has 1 aliphatic heterocycles. The predicted octanol–water partition coefficient (Wildman–Crippen LogP) is -1.90. The molecule has 0 bridgehead atoms. The van der Waals surface area contributed by atoms with Gasteiger partial charge in [-0.2, -0.15) is 14.4 Å². The molecule has 1 aliphatic rings. The SMILES string of the molecule is CCOC(=O)C(CC(=O)O)(OC[C@H]1O[C@@H](n2cnc3c(N)nc(F)nc32)[C@H](O)[C@@H]1O)P(=O)(O)O. The van der Waals surface area contributed by atoms with Crippen LogP contribution in [0.2, 0.25) is 0 Å². The predicted molar refractivity (Wildman–Crippen MR) is 105 cm³/mol. The van der Waals surface area contributed by atoms with Gasteiger partial charge in [0.05, 0.1) is 26.0 Å². The van der Waals surface area contributed by atoms with E-state index in [2.05, 4.69) is 19.7 Å². The summed E-state index contributed by atoms with van der Waals surface area (Å²) in [4.78, 5) is 53.8. The zero-order valence-corrected chi connectivity index (χ0v) is 18.3. The van der Waals surface area contributed by atoms with Crippen LogP contribution in [0.3, 0.4) is 0 Å². The summed E-state index contributed by atoms with van der Waals surface area (Å²) in [5, 5.41) is 26.7. The second kappa shape index (κ2) is 9.46. The van der Waals surface area contributed by atoms with Crippen LogP contribution in [0.25, 0.3) is 11.2 Å². The molecular formula is C16H21FN5O11P. The fraction of sp³-hybridized carbons (Fsp3) is 0.562. The number of aliphatic carboxylic acids is 1. The van der Waals surface area contributed by atoms with Crippen LogP contribution >= 0.6 is 7.60 Å². The molecule has 2 aromatic rings. The molecule has 3 rings (SSSR count). The molecule has 0 aliphatic carbocycles. The molecule has 188 valence electrons. The minimum Gasteiger partial charge on any atom is -0.481 e. The van der Waals surface area contributed by atoms with Crippen molar-refractivity contribution in [1.82, 2.24) is 19.5 Å². The van der Waals surface area contributed by atoms with Crippen molar-refractivity contribution in [2.24, 2.45) is 0 Å². The number of imidazole rings is 1. The van der Waals surface area contributed by atoms with Crippen molar-refractivity contribution in [2.45, 2.75) is 43.2 Å². The van der Waals surface area contributed by atoms with Crippen LogP contribution in [0.1, 0.15) is 19.6 Å². The number of carbonyl (C=O) groups excluding carboxylic acids is 1. The number of aliphatic hydroxyl groups is 2. The van der Waals surface area contributed by atoms with E-state index >= 15 is 0 Å². The minimum atomic E-state index is -5.61. The van der Waals surface area contributed by atoms with Gasteiger partial charge in [-0.05, 0) is 6.92 Å². The largest absolute Gasteiger partial charge is 0.481 e. The van der Waals surface area contributed by atoms with Gasteiger partial charge in [0.25, 0.3) is 5.34 Å². The van der Waals surface area contributed by atoms with Crippen LogP contribution in [0.4, 0.5) is 10.2 Å². The minimum absolute atomic E-state index is 0.0318. The number of carboxylic acids is 1. The first-order chi connectivity index (χ1) is 15.8. The van der Waals surface area contributed by atoms with Crippen molar-refractivity contribution in [3.63, 3.8) is 0 Å². The number of carboxylic acid groups (broad SMARTS) is 1.